The molecule has 26 heavy (non-hydrogen) atoms. The van der Waals surface area contributed by atoms with Crippen molar-refractivity contribution >= 4 is 44.7 Å². The molecule has 0 radical (unpaired) electrons. The summed E-state index contributed by atoms with van der Waals surface area (Å²) in [6, 6.07) is 11.8. The lowest BCUT2D eigenvalue weighted by atomic mass is 9.97. The average molecular weight is 386 g/mol. The second-order valence-electron chi connectivity index (χ2n) is 6.33. The number of hydrogen-bond acceptors (Lipinski definition) is 5. The monoisotopic (exact) mass is 385 g/mol. The molecule has 0 atom stereocenters. The third-order valence-corrected chi connectivity index (χ3v) is 6.72. The smallest absolute Gasteiger partial charge is 0.261 e. The number of aromatic nitrogens is 1. The van der Waals surface area contributed by atoms with Gasteiger partial charge in [-0.2, -0.15) is 0 Å². The quantitative estimate of drug-likeness (QED) is 0.748. The first-order chi connectivity index (χ1) is 12.7. The number of thiazole rings is 1. The van der Waals surface area contributed by atoms with E-state index in [4.69, 9.17) is 4.98 Å². The summed E-state index contributed by atoms with van der Waals surface area (Å²) in [5, 5.41) is 5.73. The second kappa shape index (κ2) is 7.55. The minimum atomic E-state index is -0.183. The maximum atomic E-state index is 12.4. The van der Waals surface area contributed by atoms with Gasteiger partial charge in [-0.1, -0.05) is 18.2 Å². The van der Waals surface area contributed by atoms with Gasteiger partial charge in [-0.05, 0) is 36.4 Å². The van der Waals surface area contributed by atoms with Crippen molar-refractivity contribution in [1.82, 2.24) is 15.2 Å². The Morgan fingerprint density at radius 1 is 1.15 bits per heavy atom. The van der Waals surface area contributed by atoms with Crippen molar-refractivity contribution in [3.8, 4) is 0 Å². The van der Waals surface area contributed by atoms with E-state index in [2.05, 4.69) is 11.4 Å². The molecule has 4 rings (SSSR count). The van der Waals surface area contributed by atoms with Crippen LogP contribution in [0, 0.1) is 0 Å². The highest BCUT2D eigenvalue weighted by molar-refractivity contribution is 7.18. The molecule has 5 nitrogen and oxygen atoms in total. The Labute approximate surface area is 159 Å². The van der Waals surface area contributed by atoms with Gasteiger partial charge in [0.2, 0.25) is 5.91 Å². The van der Waals surface area contributed by atoms with Crippen LogP contribution in [0.4, 0.5) is 0 Å². The first-order valence-corrected chi connectivity index (χ1v) is 10.4. The number of para-hydroxylation sites is 1. The number of carbonyl (C=O) groups is 2. The Morgan fingerprint density at radius 3 is 2.69 bits per heavy atom. The van der Waals surface area contributed by atoms with Gasteiger partial charge in [0.05, 0.1) is 26.6 Å². The first kappa shape index (κ1) is 17.2. The Hall–Kier alpha value is -2.25. The second-order valence-corrected chi connectivity index (χ2v) is 8.34. The van der Waals surface area contributed by atoms with Gasteiger partial charge >= 0.3 is 0 Å². The highest BCUT2D eigenvalue weighted by Gasteiger charge is 2.26. The van der Waals surface area contributed by atoms with E-state index in [-0.39, 0.29) is 18.4 Å². The molecular weight excluding hydrogens is 366 g/mol. The van der Waals surface area contributed by atoms with Crippen LogP contribution in [0.5, 0.6) is 0 Å². The van der Waals surface area contributed by atoms with Crippen LogP contribution in [0.25, 0.3) is 10.2 Å². The zero-order chi connectivity index (χ0) is 17.9. The lowest BCUT2D eigenvalue weighted by Gasteiger charge is -2.31. The normalized spacial score (nSPS) is 15.3. The molecule has 7 heteroatoms. The molecule has 0 unspecified atom stereocenters. The van der Waals surface area contributed by atoms with Crippen molar-refractivity contribution in [3.05, 3.63) is 51.7 Å². The molecule has 134 valence electrons. The van der Waals surface area contributed by atoms with E-state index in [1.54, 1.807) is 17.4 Å². The van der Waals surface area contributed by atoms with Crippen LogP contribution >= 0.6 is 22.7 Å². The molecule has 0 bridgehead atoms. The molecule has 1 aromatic carbocycles. The van der Waals surface area contributed by atoms with Crippen molar-refractivity contribution in [1.29, 1.82) is 0 Å². The number of fused-ring (bicyclic) bond motifs is 1. The lowest BCUT2D eigenvalue weighted by molar-refractivity contribution is -0.131. The van der Waals surface area contributed by atoms with E-state index < -0.39 is 0 Å². The minimum Gasteiger partial charge on any atom is -0.342 e. The van der Waals surface area contributed by atoms with Gasteiger partial charge in [-0.3, -0.25) is 9.59 Å². The number of carbonyl (C=O) groups excluding carboxylic acids is 2. The first-order valence-electron chi connectivity index (χ1n) is 8.65. The number of nitrogens with zero attached hydrogens (tertiary/aromatic N) is 2. The molecule has 2 amide bonds. The Kier molecular flexibility index (Phi) is 4.99. The summed E-state index contributed by atoms with van der Waals surface area (Å²) < 4.78 is 1.22. The summed E-state index contributed by atoms with van der Waals surface area (Å²) in [7, 11) is 0. The van der Waals surface area contributed by atoms with Gasteiger partial charge < -0.3 is 10.2 Å². The largest absolute Gasteiger partial charge is 0.342 e. The standard InChI is InChI=1S/C19H19N3O2S2/c23-17(12-20-18(24)16-6-3-11-25-16)22-9-7-13(8-10-22)19-21-14-4-1-2-5-15(14)26-19/h1-6,11,13H,7-10,12H2,(H,20,24). The van der Waals surface area contributed by atoms with Crippen LogP contribution in [-0.2, 0) is 4.79 Å². The van der Waals surface area contributed by atoms with Crippen molar-refractivity contribution in [2.24, 2.45) is 0 Å². The fourth-order valence-electron chi connectivity index (χ4n) is 3.20. The van der Waals surface area contributed by atoms with E-state index in [0.717, 1.165) is 18.4 Å². The third-order valence-electron chi connectivity index (χ3n) is 4.65. The topological polar surface area (TPSA) is 62.3 Å². The number of hydrogen-bond donors (Lipinski definition) is 1. The predicted octanol–water partition coefficient (Wildman–Crippen LogP) is 3.49. The summed E-state index contributed by atoms with van der Waals surface area (Å²) in [5.74, 6) is 0.215. The van der Waals surface area contributed by atoms with E-state index in [9.17, 15) is 9.59 Å². The van der Waals surface area contributed by atoms with Gasteiger partial charge in [0.15, 0.2) is 0 Å². The number of piperidine rings is 1. The number of rotatable bonds is 4. The molecule has 1 saturated heterocycles. The minimum absolute atomic E-state index is 0.0161. The van der Waals surface area contributed by atoms with Crippen LogP contribution in [0.15, 0.2) is 41.8 Å². The van der Waals surface area contributed by atoms with Crippen LogP contribution < -0.4 is 5.32 Å². The Bertz CT molecular complexity index is 879. The van der Waals surface area contributed by atoms with Crippen molar-refractivity contribution < 1.29 is 9.59 Å². The van der Waals surface area contributed by atoms with Crippen LogP contribution in [-0.4, -0.2) is 41.3 Å². The van der Waals surface area contributed by atoms with Crippen molar-refractivity contribution in [2.45, 2.75) is 18.8 Å². The van der Waals surface area contributed by atoms with E-state index in [0.29, 0.717) is 23.9 Å². The van der Waals surface area contributed by atoms with Crippen molar-refractivity contribution in [2.75, 3.05) is 19.6 Å². The summed E-state index contributed by atoms with van der Waals surface area (Å²) in [5.41, 5.74) is 1.06. The van der Waals surface area contributed by atoms with Crippen LogP contribution in [0.1, 0.15) is 33.4 Å². The molecule has 0 spiro atoms. The molecule has 3 heterocycles. The summed E-state index contributed by atoms with van der Waals surface area (Å²) in [4.78, 5) is 31.5. The van der Waals surface area contributed by atoms with E-state index in [1.165, 1.54) is 21.0 Å². The maximum Gasteiger partial charge on any atom is 0.261 e. The number of likely N-dealkylation sites (tertiary alicyclic amines) is 1. The van der Waals surface area contributed by atoms with Gasteiger partial charge in [0, 0.05) is 19.0 Å². The molecule has 1 fully saturated rings. The lowest BCUT2D eigenvalue weighted by Crippen LogP contribution is -2.43. The zero-order valence-corrected chi connectivity index (χ0v) is 15.8. The fourth-order valence-corrected chi connectivity index (χ4v) is 4.98. The molecule has 0 saturated carbocycles. The number of nitrogens with one attached hydrogen (secondary N) is 1. The van der Waals surface area contributed by atoms with E-state index >= 15 is 0 Å². The van der Waals surface area contributed by atoms with Gasteiger partial charge in [0.25, 0.3) is 5.91 Å². The maximum absolute atomic E-state index is 12.4. The predicted molar refractivity (Wildman–Crippen MR) is 105 cm³/mol. The molecule has 2 aromatic heterocycles. The number of thiophene rings is 1. The molecule has 1 aliphatic heterocycles. The molecule has 0 aliphatic carbocycles. The van der Waals surface area contributed by atoms with Gasteiger partial charge in [-0.25, -0.2) is 4.98 Å². The van der Waals surface area contributed by atoms with E-state index in [1.807, 2.05) is 34.5 Å². The highest BCUT2D eigenvalue weighted by atomic mass is 32.1. The molecular formula is C19H19N3O2S2. The van der Waals surface area contributed by atoms with Crippen LogP contribution in [0.3, 0.4) is 0 Å². The Balaban J connectivity index is 1.30. The molecule has 1 N–H and O–H groups in total. The van der Waals surface area contributed by atoms with Gasteiger partial charge in [0.1, 0.15) is 0 Å². The zero-order valence-electron chi connectivity index (χ0n) is 14.2. The highest BCUT2D eigenvalue weighted by Crippen LogP contribution is 2.33. The Morgan fingerprint density at radius 2 is 1.96 bits per heavy atom. The third kappa shape index (κ3) is 3.64. The molecule has 3 aromatic rings. The average Bonchev–Trinajstić information content (AvgIpc) is 3.35. The molecule has 1 aliphatic rings. The summed E-state index contributed by atoms with van der Waals surface area (Å²) >= 11 is 3.13. The fraction of sp³-hybridized carbons (Fsp3) is 0.316. The summed E-state index contributed by atoms with van der Waals surface area (Å²) in [6.07, 6.45) is 1.84. The van der Waals surface area contributed by atoms with Crippen molar-refractivity contribution in [3.63, 3.8) is 0 Å². The number of benzene rings is 1. The summed E-state index contributed by atoms with van der Waals surface area (Å²) in [6.45, 7) is 1.49. The number of amides is 2. The van der Waals surface area contributed by atoms with Gasteiger partial charge in [-0.15, -0.1) is 22.7 Å². The van der Waals surface area contributed by atoms with Crippen LogP contribution in [0.2, 0.25) is 0 Å². The SMILES string of the molecule is O=C(NCC(=O)N1CCC(c2nc3ccccc3s2)CC1)c1cccs1.